The van der Waals surface area contributed by atoms with E-state index in [0.29, 0.717) is 12.8 Å². The molecule has 1 aromatic rings. The van der Waals surface area contributed by atoms with Crippen molar-refractivity contribution in [3.05, 3.63) is 22.4 Å². The van der Waals surface area contributed by atoms with Crippen molar-refractivity contribution in [2.24, 2.45) is 5.73 Å². The molecule has 0 aromatic carbocycles. The van der Waals surface area contributed by atoms with Gasteiger partial charge in [0.1, 0.15) is 5.67 Å². The van der Waals surface area contributed by atoms with Gasteiger partial charge in [-0.1, -0.05) is 6.07 Å². The van der Waals surface area contributed by atoms with Gasteiger partial charge < -0.3 is 5.73 Å². The third-order valence-electron chi connectivity index (χ3n) is 2.13. The zero-order chi connectivity index (χ0) is 7.90. The molecule has 0 unspecified atom stereocenters. The molecule has 0 radical (unpaired) electrons. The lowest BCUT2D eigenvalue weighted by atomic mass is 9.77. The molecule has 0 bridgehead atoms. The molecule has 1 saturated carbocycles. The van der Waals surface area contributed by atoms with E-state index < -0.39 is 5.67 Å². The van der Waals surface area contributed by atoms with Gasteiger partial charge >= 0.3 is 0 Å². The van der Waals surface area contributed by atoms with Gasteiger partial charge in [-0.3, -0.25) is 0 Å². The first-order valence-electron chi connectivity index (χ1n) is 3.69. The van der Waals surface area contributed by atoms with Gasteiger partial charge in [-0.2, -0.15) is 0 Å². The molecule has 0 spiro atoms. The highest BCUT2D eigenvalue weighted by Gasteiger charge is 2.45. The van der Waals surface area contributed by atoms with E-state index in [0.717, 1.165) is 4.88 Å². The molecule has 0 amide bonds. The van der Waals surface area contributed by atoms with Crippen LogP contribution in [0.15, 0.2) is 17.5 Å². The number of thiophene rings is 1. The van der Waals surface area contributed by atoms with Crippen LogP contribution in [-0.2, 0) is 5.67 Å². The van der Waals surface area contributed by atoms with Gasteiger partial charge in [-0.05, 0) is 11.4 Å². The van der Waals surface area contributed by atoms with Gasteiger partial charge in [0.25, 0.3) is 0 Å². The van der Waals surface area contributed by atoms with Crippen LogP contribution in [0.5, 0.6) is 0 Å². The Bertz CT molecular complexity index is 239. The van der Waals surface area contributed by atoms with Crippen LogP contribution in [-0.4, -0.2) is 6.04 Å². The Hall–Kier alpha value is -0.410. The van der Waals surface area contributed by atoms with Crippen LogP contribution in [0.3, 0.4) is 0 Å². The number of hydrogen-bond donors (Lipinski definition) is 1. The highest BCUT2D eigenvalue weighted by molar-refractivity contribution is 7.10. The summed E-state index contributed by atoms with van der Waals surface area (Å²) in [6.45, 7) is 0. The number of alkyl halides is 1. The molecule has 1 aliphatic carbocycles. The fourth-order valence-electron chi connectivity index (χ4n) is 1.51. The molecule has 1 fully saturated rings. The summed E-state index contributed by atoms with van der Waals surface area (Å²) in [4.78, 5) is 0.833. The molecule has 60 valence electrons. The van der Waals surface area contributed by atoms with Gasteiger partial charge in [0.2, 0.25) is 0 Å². The van der Waals surface area contributed by atoms with Crippen LogP contribution >= 0.6 is 11.3 Å². The van der Waals surface area contributed by atoms with Crippen molar-refractivity contribution < 1.29 is 4.39 Å². The molecule has 3 heteroatoms. The van der Waals surface area contributed by atoms with Crippen molar-refractivity contribution in [1.82, 2.24) is 0 Å². The summed E-state index contributed by atoms with van der Waals surface area (Å²) in [6, 6.07) is 3.80. The van der Waals surface area contributed by atoms with Gasteiger partial charge in [-0.25, -0.2) is 4.39 Å². The van der Waals surface area contributed by atoms with Crippen molar-refractivity contribution in [3.63, 3.8) is 0 Å². The lowest BCUT2D eigenvalue weighted by Crippen LogP contribution is -2.45. The second-order valence-corrected chi connectivity index (χ2v) is 4.06. The monoisotopic (exact) mass is 171 g/mol. The largest absolute Gasteiger partial charge is 0.327 e. The first kappa shape index (κ1) is 7.25. The van der Waals surface area contributed by atoms with Gasteiger partial charge in [0.05, 0.1) is 0 Å². The number of halogens is 1. The van der Waals surface area contributed by atoms with Crippen molar-refractivity contribution in [2.75, 3.05) is 0 Å². The minimum atomic E-state index is -1.09. The number of rotatable bonds is 1. The van der Waals surface area contributed by atoms with Gasteiger partial charge in [0, 0.05) is 23.8 Å². The molecule has 0 saturated heterocycles. The SMILES string of the molecule is NC1CC(F)(c2cccs2)C1. The summed E-state index contributed by atoms with van der Waals surface area (Å²) in [6.07, 6.45) is 0.987. The molecule has 2 rings (SSSR count). The molecule has 1 heterocycles. The number of hydrogen-bond acceptors (Lipinski definition) is 2. The Morgan fingerprint density at radius 1 is 1.64 bits per heavy atom. The van der Waals surface area contributed by atoms with Gasteiger partial charge in [-0.15, -0.1) is 11.3 Å². The van der Waals surface area contributed by atoms with Gasteiger partial charge in [0.15, 0.2) is 0 Å². The fraction of sp³-hybridized carbons (Fsp3) is 0.500. The fourth-order valence-corrected chi connectivity index (χ4v) is 2.34. The Balaban J connectivity index is 2.18. The summed E-state index contributed by atoms with van der Waals surface area (Å²) >= 11 is 1.48. The van der Waals surface area contributed by atoms with E-state index in [1.165, 1.54) is 11.3 Å². The summed E-state index contributed by atoms with van der Waals surface area (Å²) in [5, 5.41) is 1.90. The molecule has 11 heavy (non-hydrogen) atoms. The molecule has 0 atom stereocenters. The molecule has 1 aliphatic rings. The van der Waals surface area contributed by atoms with Crippen LogP contribution < -0.4 is 5.73 Å². The lowest BCUT2D eigenvalue weighted by Gasteiger charge is -2.38. The normalized spacial score (nSPS) is 36.7. The van der Waals surface area contributed by atoms with Crippen molar-refractivity contribution in [1.29, 1.82) is 0 Å². The predicted molar refractivity (Wildman–Crippen MR) is 44.3 cm³/mol. The second-order valence-electron chi connectivity index (χ2n) is 3.11. The van der Waals surface area contributed by atoms with E-state index in [1.807, 2.05) is 17.5 Å². The maximum absolute atomic E-state index is 13.7. The summed E-state index contributed by atoms with van der Waals surface area (Å²) in [5.74, 6) is 0. The average molecular weight is 171 g/mol. The summed E-state index contributed by atoms with van der Waals surface area (Å²) in [7, 11) is 0. The smallest absolute Gasteiger partial charge is 0.148 e. The highest BCUT2D eigenvalue weighted by Crippen LogP contribution is 2.45. The zero-order valence-electron chi connectivity index (χ0n) is 6.09. The van der Waals surface area contributed by atoms with Crippen molar-refractivity contribution >= 4 is 11.3 Å². The molecule has 1 nitrogen and oxygen atoms in total. The highest BCUT2D eigenvalue weighted by atomic mass is 32.1. The molecule has 0 aliphatic heterocycles. The van der Waals surface area contributed by atoms with Crippen molar-refractivity contribution in [3.8, 4) is 0 Å². The maximum Gasteiger partial charge on any atom is 0.148 e. The topological polar surface area (TPSA) is 26.0 Å². The first-order valence-corrected chi connectivity index (χ1v) is 4.57. The predicted octanol–water partition coefficient (Wildman–Crippen LogP) is 2.03. The minimum absolute atomic E-state index is 0.0714. The Labute approximate surface area is 69.0 Å². The Kier molecular flexibility index (Phi) is 1.51. The lowest BCUT2D eigenvalue weighted by molar-refractivity contribution is 0.0444. The van der Waals surface area contributed by atoms with E-state index in [1.54, 1.807) is 0 Å². The van der Waals surface area contributed by atoms with Crippen LogP contribution in [0.25, 0.3) is 0 Å². The molecular weight excluding hydrogens is 161 g/mol. The van der Waals surface area contributed by atoms with Crippen LogP contribution in [0.2, 0.25) is 0 Å². The summed E-state index contributed by atoms with van der Waals surface area (Å²) < 4.78 is 13.7. The number of nitrogens with two attached hydrogens (primary N) is 1. The first-order chi connectivity index (χ1) is 5.21. The van der Waals surface area contributed by atoms with Crippen molar-refractivity contribution in [2.45, 2.75) is 24.6 Å². The molecule has 2 N–H and O–H groups in total. The Morgan fingerprint density at radius 2 is 2.36 bits per heavy atom. The Morgan fingerprint density at radius 3 is 2.82 bits per heavy atom. The quantitative estimate of drug-likeness (QED) is 0.687. The van der Waals surface area contributed by atoms with E-state index >= 15 is 0 Å². The minimum Gasteiger partial charge on any atom is -0.327 e. The van der Waals surface area contributed by atoms with E-state index in [4.69, 9.17) is 5.73 Å². The summed E-state index contributed by atoms with van der Waals surface area (Å²) in [5.41, 5.74) is 4.44. The van der Waals surface area contributed by atoms with E-state index in [-0.39, 0.29) is 6.04 Å². The third kappa shape index (κ3) is 1.08. The van der Waals surface area contributed by atoms with E-state index in [9.17, 15) is 4.39 Å². The van der Waals surface area contributed by atoms with Crippen LogP contribution in [0.4, 0.5) is 4.39 Å². The second kappa shape index (κ2) is 2.29. The molecule has 1 aromatic heterocycles. The van der Waals surface area contributed by atoms with Crippen LogP contribution in [0, 0.1) is 0 Å². The zero-order valence-corrected chi connectivity index (χ0v) is 6.90. The third-order valence-corrected chi connectivity index (χ3v) is 3.18. The maximum atomic E-state index is 13.7. The average Bonchev–Trinajstić information content (AvgIpc) is 2.34. The standard InChI is InChI=1S/C8H10FNS/c9-8(4-6(10)5-8)7-2-1-3-11-7/h1-3,6H,4-5,10H2. The molecular formula is C8H10FNS. The van der Waals surface area contributed by atoms with E-state index in [2.05, 4.69) is 0 Å². The van der Waals surface area contributed by atoms with Crippen LogP contribution in [0.1, 0.15) is 17.7 Å².